The minimum Gasteiger partial charge on any atom is -0.355 e. The van der Waals surface area contributed by atoms with Gasteiger partial charge in [0.25, 0.3) is 12.4 Å². The van der Waals surface area contributed by atoms with Crippen molar-refractivity contribution in [2.24, 2.45) is 5.41 Å². The van der Waals surface area contributed by atoms with Gasteiger partial charge in [0.1, 0.15) is 23.6 Å². The minimum atomic E-state index is -4.61. The molecule has 2 aliphatic heterocycles. The van der Waals surface area contributed by atoms with Crippen LogP contribution in [0.2, 0.25) is 0 Å². The average molecular weight is 515 g/mol. The molecular weight excluding hydrogens is 494 g/mol. The predicted molar refractivity (Wildman–Crippen MR) is 117 cm³/mol. The van der Waals surface area contributed by atoms with E-state index < -0.39 is 32.8 Å². The second kappa shape index (κ2) is 8.58. The summed E-state index contributed by atoms with van der Waals surface area (Å²) in [5.74, 6) is 0.349. The lowest BCUT2D eigenvalue weighted by atomic mass is 9.80. The molecule has 0 saturated carbocycles. The van der Waals surface area contributed by atoms with Crippen molar-refractivity contribution >= 4 is 30.9 Å². The number of anilines is 2. The van der Waals surface area contributed by atoms with Gasteiger partial charge in [-0.25, -0.2) is 33.4 Å². The van der Waals surface area contributed by atoms with E-state index >= 15 is 0 Å². The molecule has 15 heteroatoms. The first-order valence-corrected chi connectivity index (χ1v) is 12.3. The number of halogens is 5. The molecule has 0 amide bonds. The maximum absolute atomic E-state index is 13.0. The third-order valence-electron chi connectivity index (χ3n) is 6.45. The fourth-order valence-corrected chi connectivity index (χ4v) is 6.55. The summed E-state index contributed by atoms with van der Waals surface area (Å²) in [6.07, 6.45) is -3.00. The number of alkyl halides is 5. The van der Waals surface area contributed by atoms with Gasteiger partial charge >= 0.3 is 14.1 Å². The Labute approximate surface area is 197 Å². The van der Waals surface area contributed by atoms with Gasteiger partial charge in [-0.15, -0.1) is 4.67 Å². The summed E-state index contributed by atoms with van der Waals surface area (Å²) in [6.45, 7) is 2.49. The van der Waals surface area contributed by atoms with Crippen LogP contribution in [0.1, 0.15) is 24.2 Å². The first kappa shape index (κ1) is 23.7. The van der Waals surface area contributed by atoms with Crippen LogP contribution in [0.15, 0.2) is 18.5 Å². The Hall–Kier alpha value is -3.02. The normalized spacial score (nSPS) is 19.5. The van der Waals surface area contributed by atoms with Crippen LogP contribution in [-0.2, 0) is 17.3 Å². The van der Waals surface area contributed by atoms with Crippen LogP contribution in [0, 0.1) is 12.3 Å². The fourth-order valence-electron chi connectivity index (χ4n) is 4.64. The van der Waals surface area contributed by atoms with Crippen LogP contribution >= 0.6 is 7.95 Å². The van der Waals surface area contributed by atoms with Gasteiger partial charge in [-0.2, -0.15) is 18.3 Å². The molecule has 186 valence electrons. The average Bonchev–Trinajstić information content (AvgIpc) is 3.29. The molecule has 1 atom stereocenters. The van der Waals surface area contributed by atoms with Crippen molar-refractivity contribution in [1.82, 2.24) is 29.7 Å². The molecule has 0 aliphatic carbocycles. The number of hydrogen-bond donors (Lipinski definition) is 0. The Morgan fingerprint density at radius 3 is 2.60 bits per heavy atom. The summed E-state index contributed by atoms with van der Waals surface area (Å²) >= 11 is 0. The molecule has 2 aliphatic rings. The molecule has 0 bridgehead atoms. The van der Waals surface area contributed by atoms with Crippen LogP contribution in [-0.4, -0.2) is 61.9 Å². The lowest BCUT2D eigenvalue weighted by Gasteiger charge is -2.37. The van der Waals surface area contributed by atoms with E-state index in [0.717, 1.165) is 16.9 Å². The molecule has 2 fully saturated rings. The zero-order valence-electron chi connectivity index (χ0n) is 18.6. The van der Waals surface area contributed by atoms with Crippen LogP contribution in [0.5, 0.6) is 0 Å². The number of aromatic nitrogens is 6. The number of fused-ring (bicyclic) bond motifs is 1. The number of nitrogens with zero attached hydrogens (tertiary/aromatic N) is 8. The first-order valence-electron chi connectivity index (χ1n) is 10.9. The van der Waals surface area contributed by atoms with Gasteiger partial charge in [-0.3, -0.25) is 0 Å². The van der Waals surface area contributed by atoms with E-state index in [1.807, 2.05) is 4.90 Å². The van der Waals surface area contributed by atoms with E-state index in [1.165, 1.54) is 4.67 Å². The van der Waals surface area contributed by atoms with Crippen LogP contribution in [0.25, 0.3) is 11.2 Å². The van der Waals surface area contributed by atoms with Crippen molar-refractivity contribution in [3.8, 4) is 0 Å². The Kier molecular flexibility index (Phi) is 5.81. The van der Waals surface area contributed by atoms with Crippen LogP contribution in [0.3, 0.4) is 0 Å². The summed E-state index contributed by atoms with van der Waals surface area (Å²) in [4.78, 5) is 18.4. The Morgan fingerprint density at radius 1 is 1.17 bits per heavy atom. The third kappa shape index (κ3) is 4.51. The molecule has 0 aromatic carbocycles. The highest BCUT2D eigenvalue weighted by Gasteiger charge is 2.54. The topological polar surface area (TPSA) is 92.9 Å². The van der Waals surface area contributed by atoms with E-state index in [0.29, 0.717) is 55.7 Å². The monoisotopic (exact) mass is 515 g/mol. The van der Waals surface area contributed by atoms with Crippen LogP contribution < -0.4 is 9.57 Å². The largest absolute Gasteiger partial charge is 0.465 e. The Morgan fingerprint density at radius 2 is 1.91 bits per heavy atom. The van der Waals surface area contributed by atoms with Crippen molar-refractivity contribution < 1.29 is 26.5 Å². The number of rotatable bonds is 4. The number of piperidine rings is 1. The second-order valence-corrected chi connectivity index (χ2v) is 10.4. The van der Waals surface area contributed by atoms with E-state index in [1.54, 1.807) is 13.1 Å². The Bertz CT molecular complexity index is 1270. The summed E-state index contributed by atoms with van der Waals surface area (Å²) < 4.78 is 80.4. The molecule has 1 unspecified atom stereocenters. The zero-order valence-corrected chi connectivity index (χ0v) is 19.5. The maximum atomic E-state index is 13.0. The second-order valence-electron chi connectivity index (χ2n) is 8.85. The molecule has 1 spiro atoms. The van der Waals surface area contributed by atoms with Gasteiger partial charge in [0.2, 0.25) is 0 Å². The molecule has 3 aromatic heterocycles. The quantitative estimate of drug-likeness (QED) is 0.380. The van der Waals surface area contributed by atoms with E-state index in [2.05, 4.69) is 25.0 Å². The van der Waals surface area contributed by atoms with Crippen LogP contribution in [0.4, 0.5) is 33.7 Å². The predicted octanol–water partition coefficient (Wildman–Crippen LogP) is 4.06. The Balaban J connectivity index is 1.32. The van der Waals surface area contributed by atoms with E-state index in [9.17, 15) is 26.5 Å². The van der Waals surface area contributed by atoms with Gasteiger partial charge < -0.3 is 4.90 Å². The van der Waals surface area contributed by atoms with Gasteiger partial charge in [-0.1, -0.05) is 0 Å². The lowest BCUT2D eigenvalue weighted by Crippen LogP contribution is -2.43. The molecule has 0 N–H and O–H groups in total. The van der Waals surface area contributed by atoms with E-state index in [-0.39, 0.29) is 17.0 Å². The highest BCUT2D eigenvalue weighted by molar-refractivity contribution is 7.47. The summed E-state index contributed by atoms with van der Waals surface area (Å²) in [5, 5.41) is 4.11. The van der Waals surface area contributed by atoms with Gasteiger partial charge in [0, 0.05) is 24.7 Å². The summed E-state index contributed by atoms with van der Waals surface area (Å²) in [7, 11) is -1.96. The molecule has 5 rings (SSSR count). The summed E-state index contributed by atoms with van der Waals surface area (Å²) in [6, 6.07) is 0.785. The van der Waals surface area contributed by atoms with Crippen molar-refractivity contribution in [1.29, 1.82) is 0 Å². The van der Waals surface area contributed by atoms with Gasteiger partial charge in [0.15, 0.2) is 11.8 Å². The minimum absolute atomic E-state index is 0.181. The molecule has 9 nitrogen and oxygen atoms in total. The zero-order chi connectivity index (χ0) is 25.0. The molecule has 35 heavy (non-hydrogen) atoms. The van der Waals surface area contributed by atoms with Crippen molar-refractivity contribution in [2.45, 2.75) is 38.9 Å². The van der Waals surface area contributed by atoms with Crippen molar-refractivity contribution in [3.05, 3.63) is 29.8 Å². The van der Waals surface area contributed by atoms with Gasteiger partial charge in [-0.05, 0) is 30.4 Å². The van der Waals surface area contributed by atoms with E-state index in [4.69, 9.17) is 0 Å². The van der Waals surface area contributed by atoms with Crippen molar-refractivity contribution in [2.75, 3.05) is 35.4 Å². The van der Waals surface area contributed by atoms with Crippen molar-refractivity contribution in [3.63, 3.8) is 0 Å². The number of hydrogen-bond acceptors (Lipinski definition) is 7. The standard InChI is InChI=1S/C20H21F5N8OP/c1-12-16-17(32(30-12)9-14(21)22)29-15(8-27-16)31-6-3-19(4-7-31)10-33(35(34)11-19)18-26-5-2-13(28-18)20(23,24)25/h2,5,8,14H,3-4,6-7,9-11H2,1H3/q+1. The fraction of sp³-hybridized carbons (Fsp3) is 0.550. The number of aryl methyl sites for hydroxylation is 1. The summed E-state index contributed by atoms with van der Waals surface area (Å²) in [5.41, 5.74) is -0.154. The first-order chi connectivity index (χ1) is 16.5. The maximum Gasteiger partial charge on any atom is 0.465 e. The molecule has 0 radical (unpaired) electrons. The van der Waals surface area contributed by atoms with Gasteiger partial charge in [0.05, 0.1) is 18.4 Å². The smallest absolute Gasteiger partial charge is 0.355 e. The SMILES string of the molecule is Cc1nn(CC(F)F)c2nc(N3CCC4(CC3)CN(c3nccc(C(F)(F)F)n3)[P+](=O)C4)cnc12. The highest BCUT2D eigenvalue weighted by Crippen LogP contribution is 2.51. The molecule has 5 heterocycles. The molecular formula is C20H21F5N8OP+. The highest BCUT2D eigenvalue weighted by atomic mass is 31.1. The third-order valence-corrected chi connectivity index (χ3v) is 8.25. The molecule has 2 saturated heterocycles. The lowest BCUT2D eigenvalue weighted by molar-refractivity contribution is -0.141. The molecule has 3 aromatic rings.